The molecule has 3 saturated carbocycles. The Labute approximate surface area is 287 Å². The molecule has 1 aromatic rings. The van der Waals surface area contributed by atoms with E-state index in [4.69, 9.17) is 14.4 Å². The number of hydrogen-bond donors (Lipinski definition) is 4. The van der Waals surface area contributed by atoms with Gasteiger partial charge in [0.1, 0.15) is 6.04 Å². The van der Waals surface area contributed by atoms with Gasteiger partial charge in [-0.1, -0.05) is 73.1 Å². The summed E-state index contributed by atoms with van der Waals surface area (Å²) in [7, 11) is -4.54. The molecule has 5 N–H and O–H groups in total. The third kappa shape index (κ3) is 9.19. The van der Waals surface area contributed by atoms with Crippen LogP contribution in [0.25, 0.3) is 0 Å². The van der Waals surface area contributed by atoms with Crippen molar-refractivity contribution in [3.8, 4) is 0 Å². The van der Waals surface area contributed by atoms with Gasteiger partial charge in [0, 0.05) is 18.5 Å². The zero-order chi connectivity index (χ0) is 35.3. The highest BCUT2D eigenvalue weighted by Gasteiger charge is 2.68. The molecule has 6 atom stereocenters. The molecule has 1 saturated heterocycles. The Kier molecular flexibility index (Phi) is 12.8. The van der Waals surface area contributed by atoms with Crippen molar-refractivity contribution in [2.45, 2.75) is 141 Å². The van der Waals surface area contributed by atoms with Crippen molar-refractivity contribution in [3.63, 3.8) is 0 Å². The second-order valence-electron chi connectivity index (χ2n) is 15.4. The monoisotopic (exact) mass is 688 g/mol. The lowest BCUT2D eigenvalue weighted by Crippen LogP contribution is -2.65. The molecule has 3 amide bonds. The van der Waals surface area contributed by atoms with E-state index in [1.165, 1.54) is 43.5 Å². The first kappa shape index (κ1) is 38.3. The Bertz CT molecular complexity index is 1390. The van der Waals surface area contributed by atoms with E-state index in [-0.39, 0.29) is 46.8 Å². The van der Waals surface area contributed by atoms with E-state index >= 15 is 0 Å². The molecule has 0 spiro atoms. The molecule has 11 nitrogen and oxygen atoms in total. The van der Waals surface area contributed by atoms with Crippen LogP contribution in [0.3, 0.4) is 0 Å². The maximum Gasteiger partial charge on any atom is 0.481 e. The first-order valence-electron chi connectivity index (χ1n) is 17.9. The number of benzene rings is 1. The molecule has 0 unspecified atom stereocenters. The molecule has 13 heteroatoms. The average molecular weight is 689 g/mol. The number of primary sulfonamides is 1. The predicted octanol–water partition coefficient (Wildman–Crippen LogP) is 4.49. The Morgan fingerprint density at radius 3 is 2.23 bits per heavy atom. The van der Waals surface area contributed by atoms with Crippen molar-refractivity contribution in [2.24, 2.45) is 28.3 Å². The molecule has 1 aliphatic heterocycles. The summed E-state index contributed by atoms with van der Waals surface area (Å²) in [6.07, 6.45) is 10.4. The van der Waals surface area contributed by atoms with Gasteiger partial charge in [-0.2, -0.15) is 0 Å². The molecule has 4 aliphatic rings. The first-order chi connectivity index (χ1) is 22.6. The fourth-order valence-corrected chi connectivity index (χ4v) is 8.43. The molecule has 1 heterocycles. The van der Waals surface area contributed by atoms with Crippen LogP contribution in [0.2, 0.25) is 0 Å². The quantitative estimate of drug-likeness (QED) is 0.130. The number of hydrogen-bond acceptors (Lipinski definition) is 7. The summed E-state index contributed by atoms with van der Waals surface area (Å²) in [6.45, 7) is 12.9. The molecule has 1 aromatic carbocycles. The van der Waals surface area contributed by atoms with Crippen molar-refractivity contribution >= 4 is 34.9 Å². The van der Waals surface area contributed by atoms with Crippen LogP contribution in [0.4, 0.5) is 0 Å². The number of carbonyl (C=O) groups excluding carboxylic acids is 3. The summed E-state index contributed by atoms with van der Waals surface area (Å²) in [6, 6.07) is 4.15. The zero-order valence-electron chi connectivity index (χ0n) is 29.7. The van der Waals surface area contributed by atoms with Crippen LogP contribution in [0.5, 0.6) is 0 Å². The maximum atomic E-state index is 13.9. The minimum atomic E-state index is -3.91. The molecule has 3 aliphatic carbocycles. The summed E-state index contributed by atoms with van der Waals surface area (Å²) in [4.78, 5) is 39.9. The van der Waals surface area contributed by atoms with E-state index in [1.54, 1.807) is 0 Å². The molecule has 5 rings (SSSR count). The number of carbonyl (C=O) groups is 3. The molecule has 0 radical (unpaired) electrons. The Morgan fingerprint density at radius 1 is 0.979 bits per heavy atom. The van der Waals surface area contributed by atoms with Crippen molar-refractivity contribution < 1.29 is 32.1 Å². The lowest BCUT2D eigenvalue weighted by atomic mass is 9.43. The smallest absolute Gasteiger partial charge is 0.404 e. The third-order valence-electron chi connectivity index (χ3n) is 10.9. The molecular weight excluding hydrogens is 631 g/mol. The maximum absolute atomic E-state index is 13.9. The number of sulfonamides is 1. The molecular formula is C35H57BN4O7S. The first-order valence-corrected chi connectivity index (χ1v) is 19.4. The number of nitrogens with one attached hydrogen (secondary N) is 3. The van der Waals surface area contributed by atoms with Gasteiger partial charge >= 0.3 is 7.12 Å². The van der Waals surface area contributed by atoms with E-state index in [0.717, 1.165) is 32.1 Å². The van der Waals surface area contributed by atoms with E-state index in [1.807, 2.05) is 0 Å². The molecule has 268 valence electrons. The van der Waals surface area contributed by atoms with Crippen LogP contribution < -0.4 is 21.1 Å². The van der Waals surface area contributed by atoms with Gasteiger partial charge in [-0.15, -0.1) is 0 Å². The Morgan fingerprint density at radius 2 is 1.62 bits per heavy atom. The van der Waals surface area contributed by atoms with E-state index in [2.05, 4.69) is 57.5 Å². The number of unbranched alkanes of at least 4 members (excludes halogenated alkanes) is 6. The summed E-state index contributed by atoms with van der Waals surface area (Å²) >= 11 is 0. The van der Waals surface area contributed by atoms with Crippen molar-refractivity contribution in [3.05, 3.63) is 29.8 Å². The predicted molar refractivity (Wildman–Crippen MR) is 186 cm³/mol. The summed E-state index contributed by atoms with van der Waals surface area (Å²) in [5, 5.41) is 13.9. The van der Waals surface area contributed by atoms with E-state index in [0.29, 0.717) is 24.7 Å². The Balaban J connectivity index is 1.43. The molecule has 48 heavy (non-hydrogen) atoms. The van der Waals surface area contributed by atoms with Crippen LogP contribution in [-0.2, 0) is 28.9 Å². The van der Waals surface area contributed by atoms with Gasteiger partial charge in [-0.3, -0.25) is 14.4 Å². The minimum Gasteiger partial charge on any atom is -0.404 e. The standard InChI is InChI=1S/C35H57BN4O7S/c1-7-8-9-10-11-12-13-14-31(41)39-27(22-38-32(42)24-15-17-26(18-16-24)48(37,44)45)33(43)40-30(19-23(2)3)36-46-29-21-25-20-28(34(25,4)5)35(29,6)47-36/h15-18,23,25,27-30H,7-14,19-22H2,1-6H3,(H,38,42)(H,39,41)(H,40,43)(H2,37,44,45)/t25-,27-,28-,29+,30-,35-/m0/s1. The van der Waals surface area contributed by atoms with Gasteiger partial charge in [-0.25, -0.2) is 13.6 Å². The van der Waals surface area contributed by atoms with Crippen LogP contribution in [0.1, 0.15) is 123 Å². The average Bonchev–Trinajstić information content (AvgIpc) is 3.38. The third-order valence-corrected chi connectivity index (χ3v) is 11.9. The summed E-state index contributed by atoms with van der Waals surface area (Å²) in [5.41, 5.74) is -0.0548. The van der Waals surface area contributed by atoms with Gasteiger partial charge in [0.05, 0.1) is 22.5 Å². The van der Waals surface area contributed by atoms with Crippen LogP contribution in [0.15, 0.2) is 29.2 Å². The van der Waals surface area contributed by atoms with Crippen LogP contribution >= 0.6 is 0 Å². The lowest BCUT2D eigenvalue weighted by molar-refractivity contribution is -0.199. The van der Waals surface area contributed by atoms with Crippen molar-refractivity contribution in [1.29, 1.82) is 0 Å². The second kappa shape index (κ2) is 16.0. The fraction of sp³-hybridized carbons (Fsp3) is 0.743. The van der Waals surface area contributed by atoms with Gasteiger partial charge < -0.3 is 25.3 Å². The summed E-state index contributed by atoms with van der Waals surface area (Å²) < 4.78 is 36.5. The van der Waals surface area contributed by atoms with Gasteiger partial charge in [0.2, 0.25) is 21.8 Å². The number of amides is 3. The fourth-order valence-electron chi connectivity index (χ4n) is 7.91. The highest BCUT2D eigenvalue weighted by atomic mass is 32.2. The molecule has 2 bridgehead atoms. The van der Waals surface area contributed by atoms with Crippen LogP contribution in [-0.4, -0.2) is 63.5 Å². The van der Waals surface area contributed by atoms with Crippen LogP contribution in [0, 0.1) is 23.2 Å². The lowest BCUT2D eigenvalue weighted by Gasteiger charge is -2.64. The summed E-state index contributed by atoms with van der Waals surface area (Å²) in [5.74, 6) is -0.466. The van der Waals surface area contributed by atoms with Gasteiger partial charge in [0.15, 0.2) is 0 Å². The van der Waals surface area contributed by atoms with E-state index < -0.39 is 46.5 Å². The largest absolute Gasteiger partial charge is 0.481 e. The second-order valence-corrected chi connectivity index (χ2v) is 16.9. The Hall–Kier alpha value is -2.48. The highest BCUT2D eigenvalue weighted by molar-refractivity contribution is 7.89. The van der Waals surface area contributed by atoms with Gasteiger partial charge in [-0.05, 0) is 80.0 Å². The molecule has 4 fully saturated rings. The van der Waals surface area contributed by atoms with Gasteiger partial charge in [0.25, 0.3) is 5.91 Å². The number of nitrogens with two attached hydrogens (primary N) is 1. The van der Waals surface area contributed by atoms with Crippen molar-refractivity contribution in [1.82, 2.24) is 16.0 Å². The minimum absolute atomic E-state index is 0.0387. The highest BCUT2D eigenvalue weighted by Crippen LogP contribution is 2.65. The SMILES string of the molecule is CCCCCCCCCC(=O)N[C@@H](CNC(=O)c1ccc(S(N)(=O)=O)cc1)C(=O)N[C@@H](CC(C)C)B1O[C@@H]2C[C@@H]3C[C@@H](C3(C)C)[C@]2(C)O1. The topological polar surface area (TPSA) is 166 Å². The normalized spacial score (nSPS) is 25.5. The van der Waals surface area contributed by atoms with E-state index in [9.17, 15) is 22.8 Å². The van der Waals surface area contributed by atoms with Crippen molar-refractivity contribution in [2.75, 3.05) is 6.54 Å². The molecule has 0 aromatic heterocycles. The number of rotatable bonds is 18. The zero-order valence-corrected chi connectivity index (χ0v) is 30.5.